The van der Waals surface area contributed by atoms with Crippen molar-refractivity contribution in [1.82, 2.24) is 10.1 Å². The Kier molecular flexibility index (Phi) is 3.27. The number of aromatic nitrogens is 2. The van der Waals surface area contributed by atoms with Crippen LogP contribution < -0.4 is 0 Å². The van der Waals surface area contributed by atoms with Gasteiger partial charge < -0.3 is 8.94 Å². The van der Waals surface area contributed by atoms with Crippen LogP contribution in [-0.2, 0) is 18.6 Å². The zero-order valence-corrected chi connectivity index (χ0v) is 12.2. The topological polar surface area (TPSA) is 52.1 Å². The normalized spacial score (nSPS) is 13.5. The molecular formula is C16H14N2O2S. The molecule has 0 saturated heterocycles. The number of benzene rings is 1. The van der Waals surface area contributed by atoms with Crippen molar-refractivity contribution in [3.8, 4) is 11.6 Å². The first kappa shape index (κ1) is 12.7. The monoisotopic (exact) mass is 298 g/mol. The van der Waals surface area contributed by atoms with E-state index in [9.17, 15) is 0 Å². The highest BCUT2D eigenvalue weighted by Gasteiger charge is 2.13. The summed E-state index contributed by atoms with van der Waals surface area (Å²) >= 11 is 1.72. The molecule has 2 aromatic heterocycles. The Labute approximate surface area is 126 Å². The fourth-order valence-corrected chi connectivity index (χ4v) is 3.40. The number of thioether (sulfide) groups is 1. The highest BCUT2D eigenvalue weighted by atomic mass is 32.2. The molecule has 0 unspecified atom stereocenters. The van der Waals surface area contributed by atoms with Crippen molar-refractivity contribution in [3.63, 3.8) is 0 Å². The molecule has 3 aromatic rings. The molecule has 0 amide bonds. The van der Waals surface area contributed by atoms with Crippen LogP contribution >= 0.6 is 11.8 Å². The maximum Gasteiger partial charge on any atom is 0.238 e. The van der Waals surface area contributed by atoms with Crippen LogP contribution in [0.25, 0.3) is 11.6 Å². The molecule has 106 valence electrons. The predicted molar refractivity (Wildman–Crippen MR) is 80.0 cm³/mol. The number of aryl methyl sites for hydroxylation is 2. The van der Waals surface area contributed by atoms with Crippen molar-refractivity contribution in [2.75, 3.05) is 0 Å². The van der Waals surface area contributed by atoms with Crippen LogP contribution in [0.15, 0.2) is 50.4 Å². The minimum Gasteiger partial charge on any atom is -0.461 e. The first-order valence-corrected chi connectivity index (χ1v) is 7.98. The van der Waals surface area contributed by atoms with Gasteiger partial charge in [-0.25, -0.2) is 0 Å². The first-order valence-electron chi connectivity index (χ1n) is 6.99. The van der Waals surface area contributed by atoms with E-state index in [4.69, 9.17) is 8.94 Å². The standard InChI is InChI=1S/C16H14N2O2S/c1-3-11-6-7-13(9-12(11)4-1)21-10-15-17-16(18-20-15)14-5-2-8-19-14/h2,5-9H,1,3-4,10H2. The minimum atomic E-state index is 0.504. The van der Waals surface area contributed by atoms with Gasteiger partial charge >= 0.3 is 0 Å². The van der Waals surface area contributed by atoms with Gasteiger partial charge in [-0.1, -0.05) is 11.2 Å². The average molecular weight is 298 g/mol. The number of rotatable bonds is 4. The molecule has 0 aliphatic heterocycles. The summed E-state index contributed by atoms with van der Waals surface area (Å²) in [6.45, 7) is 0. The number of fused-ring (bicyclic) bond motifs is 1. The summed E-state index contributed by atoms with van der Waals surface area (Å²) < 4.78 is 10.5. The lowest BCUT2D eigenvalue weighted by atomic mass is 10.1. The van der Waals surface area contributed by atoms with E-state index in [1.807, 2.05) is 12.1 Å². The van der Waals surface area contributed by atoms with Crippen molar-refractivity contribution in [3.05, 3.63) is 53.6 Å². The molecule has 0 spiro atoms. The van der Waals surface area contributed by atoms with Crippen LogP contribution in [0.1, 0.15) is 23.4 Å². The van der Waals surface area contributed by atoms with Gasteiger partial charge in [0.2, 0.25) is 11.7 Å². The molecule has 21 heavy (non-hydrogen) atoms. The molecule has 1 aliphatic carbocycles. The largest absolute Gasteiger partial charge is 0.461 e. The van der Waals surface area contributed by atoms with E-state index in [0.717, 1.165) is 0 Å². The second-order valence-electron chi connectivity index (χ2n) is 5.06. The minimum absolute atomic E-state index is 0.504. The number of furan rings is 1. The predicted octanol–water partition coefficient (Wildman–Crippen LogP) is 4.11. The van der Waals surface area contributed by atoms with Crippen molar-refractivity contribution >= 4 is 11.8 Å². The number of nitrogens with zero attached hydrogens (tertiary/aromatic N) is 2. The van der Waals surface area contributed by atoms with Crippen molar-refractivity contribution < 1.29 is 8.94 Å². The van der Waals surface area contributed by atoms with Gasteiger partial charge in [0, 0.05) is 4.90 Å². The van der Waals surface area contributed by atoms with Gasteiger partial charge in [0.05, 0.1) is 12.0 Å². The van der Waals surface area contributed by atoms with Crippen molar-refractivity contribution in [2.45, 2.75) is 29.9 Å². The Morgan fingerprint density at radius 2 is 2.10 bits per heavy atom. The molecule has 4 rings (SSSR count). The Bertz CT molecular complexity index is 749. The number of hydrogen-bond donors (Lipinski definition) is 0. The van der Waals surface area contributed by atoms with Gasteiger partial charge in [-0.3, -0.25) is 0 Å². The second-order valence-corrected chi connectivity index (χ2v) is 6.11. The Balaban J connectivity index is 1.45. The van der Waals surface area contributed by atoms with Gasteiger partial charge in [-0.15, -0.1) is 11.8 Å². The zero-order valence-electron chi connectivity index (χ0n) is 11.4. The van der Waals surface area contributed by atoms with Crippen LogP contribution in [0.5, 0.6) is 0 Å². The third-order valence-corrected chi connectivity index (χ3v) is 4.62. The summed E-state index contributed by atoms with van der Waals surface area (Å²) in [7, 11) is 0. The van der Waals surface area contributed by atoms with E-state index in [1.165, 1.54) is 35.3 Å². The van der Waals surface area contributed by atoms with Crippen LogP contribution in [-0.4, -0.2) is 10.1 Å². The van der Waals surface area contributed by atoms with E-state index in [2.05, 4.69) is 28.3 Å². The third kappa shape index (κ3) is 2.61. The highest BCUT2D eigenvalue weighted by molar-refractivity contribution is 7.98. The Morgan fingerprint density at radius 1 is 1.14 bits per heavy atom. The summed E-state index contributed by atoms with van der Waals surface area (Å²) in [5.41, 5.74) is 2.99. The van der Waals surface area contributed by atoms with Crippen LogP contribution in [0, 0.1) is 0 Å². The first-order chi connectivity index (χ1) is 10.4. The average Bonchev–Trinajstić information content (AvgIpc) is 3.24. The van der Waals surface area contributed by atoms with E-state index in [0.29, 0.717) is 23.2 Å². The molecule has 0 atom stereocenters. The smallest absolute Gasteiger partial charge is 0.238 e. The van der Waals surface area contributed by atoms with E-state index in [-0.39, 0.29) is 0 Å². The molecule has 0 bridgehead atoms. The molecule has 5 heteroatoms. The molecule has 2 heterocycles. The van der Waals surface area contributed by atoms with E-state index in [1.54, 1.807) is 18.0 Å². The summed E-state index contributed by atoms with van der Waals surface area (Å²) in [6, 6.07) is 10.3. The lowest BCUT2D eigenvalue weighted by Crippen LogP contribution is -1.85. The SMILES string of the molecule is c1coc(-c2noc(CSc3ccc4c(c3)CCC4)n2)c1. The van der Waals surface area contributed by atoms with Crippen LogP contribution in [0.2, 0.25) is 0 Å². The van der Waals surface area contributed by atoms with Crippen LogP contribution in [0.3, 0.4) is 0 Å². The lowest BCUT2D eigenvalue weighted by molar-refractivity contribution is 0.390. The highest BCUT2D eigenvalue weighted by Crippen LogP contribution is 2.29. The quantitative estimate of drug-likeness (QED) is 0.678. The maximum atomic E-state index is 5.26. The molecule has 0 saturated carbocycles. The molecule has 1 aromatic carbocycles. The summed E-state index contributed by atoms with van der Waals surface area (Å²) in [4.78, 5) is 5.61. The lowest BCUT2D eigenvalue weighted by Gasteiger charge is -2.02. The van der Waals surface area contributed by atoms with Gasteiger partial charge in [0.25, 0.3) is 0 Å². The molecule has 0 radical (unpaired) electrons. The third-order valence-electron chi connectivity index (χ3n) is 3.64. The van der Waals surface area contributed by atoms with Gasteiger partial charge in [0.15, 0.2) is 5.76 Å². The Morgan fingerprint density at radius 3 is 3.00 bits per heavy atom. The zero-order chi connectivity index (χ0) is 14.1. The fraction of sp³-hybridized carbons (Fsp3) is 0.250. The summed E-state index contributed by atoms with van der Waals surface area (Å²) in [6.07, 6.45) is 5.30. The molecule has 0 N–H and O–H groups in total. The van der Waals surface area contributed by atoms with E-state index < -0.39 is 0 Å². The van der Waals surface area contributed by atoms with Gasteiger partial charge in [0.1, 0.15) is 0 Å². The van der Waals surface area contributed by atoms with Crippen molar-refractivity contribution in [2.24, 2.45) is 0 Å². The molecule has 4 nitrogen and oxygen atoms in total. The second kappa shape index (κ2) is 5.41. The summed E-state index contributed by atoms with van der Waals surface area (Å²) in [5.74, 6) is 2.43. The fourth-order valence-electron chi connectivity index (χ4n) is 2.60. The number of hydrogen-bond acceptors (Lipinski definition) is 5. The van der Waals surface area contributed by atoms with Gasteiger partial charge in [-0.2, -0.15) is 4.98 Å². The van der Waals surface area contributed by atoms with Crippen LogP contribution in [0.4, 0.5) is 0 Å². The van der Waals surface area contributed by atoms with E-state index >= 15 is 0 Å². The maximum absolute atomic E-state index is 5.26. The van der Waals surface area contributed by atoms with Gasteiger partial charge in [-0.05, 0) is 54.7 Å². The molecule has 1 aliphatic rings. The van der Waals surface area contributed by atoms with Crippen molar-refractivity contribution in [1.29, 1.82) is 0 Å². The molecule has 0 fully saturated rings. The molecular weight excluding hydrogens is 284 g/mol. The summed E-state index contributed by atoms with van der Waals surface area (Å²) in [5, 5.41) is 3.94. The Hall–Kier alpha value is -2.01.